The molecule has 5 heteroatoms. The van der Waals surface area contributed by atoms with Crippen LogP contribution in [0.15, 0.2) is 0 Å². The number of carbonyl (C=O) groups is 1. The molecule has 0 aromatic carbocycles. The second-order valence-corrected chi connectivity index (χ2v) is 3.03. The van der Waals surface area contributed by atoms with Crippen LogP contribution in [0.1, 0.15) is 6.42 Å². The van der Waals surface area contributed by atoms with Crippen LogP contribution < -0.4 is 0 Å². The molecule has 0 aliphatic rings. The van der Waals surface area contributed by atoms with E-state index < -0.39 is 6.16 Å². The zero-order valence-electron chi connectivity index (χ0n) is 6.31. The van der Waals surface area contributed by atoms with Crippen molar-refractivity contribution >= 4 is 44.7 Å². The molecule has 0 heterocycles. The normalized spacial score (nSPS) is 8.17. The summed E-state index contributed by atoms with van der Waals surface area (Å²) in [5, 5.41) is 0.813. The lowest BCUT2D eigenvalue weighted by molar-refractivity contribution is 0.0649. The Labute approximate surface area is 93.4 Å². The predicted molar refractivity (Wildman–Crippen MR) is 57.5 cm³/mol. The SMILES string of the molecule is O=C(OCC#CI)OCCCBr. The van der Waals surface area contributed by atoms with Gasteiger partial charge in [-0.3, -0.25) is 0 Å². The van der Waals surface area contributed by atoms with Crippen LogP contribution in [0.2, 0.25) is 0 Å². The van der Waals surface area contributed by atoms with Gasteiger partial charge in [-0.15, -0.1) is 0 Å². The van der Waals surface area contributed by atoms with E-state index in [9.17, 15) is 4.79 Å². The summed E-state index contributed by atoms with van der Waals surface area (Å²) in [6.07, 6.45) is 0.127. The Balaban J connectivity index is 3.25. The molecule has 0 N–H and O–H groups in total. The third-order valence-electron chi connectivity index (χ3n) is 0.827. The number of rotatable bonds is 4. The van der Waals surface area contributed by atoms with Gasteiger partial charge in [0.15, 0.2) is 6.61 Å². The molecule has 0 aromatic heterocycles. The van der Waals surface area contributed by atoms with Crippen LogP contribution >= 0.6 is 38.5 Å². The maximum Gasteiger partial charge on any atom is 0.509 e. The average Bonchev–Trinajstić information content (AvgIpc) is 2.06. The van der Waals surface area contributed by atoms with Gasteiger partial charge < -0.3 is 9.47 Å². The lowest BCUT2D eigenvalue weighted by atomic mass is 10.5. The Kier molecular flexibility index (Phi) is 9.16. The van der Waals surface area contributed by atoms with E-state index in [1.807, 2.05) is 22.6 Å². The highest BCUT2D eigenvalue weighted by molar-refractivity contribution is 14.1. The van der Waals surface area contributed by atoms with Gasteiger partial charge in [0.1, 0.15) is 0 Å². The number of carbonyl (C=O) groups excluding carboxylic acids is 1. The second kappa shape index (κ2) is 9.13. The molecule has 0 bridgehead atoms. The van der Waals surface area contributed by atoms with E-state index in [0.29, 0.717) is 6.61 Å². The van der Waals surface area contributed by atoms with Crippen LogP contribution in [0, 0.1) is 9.85 Å². The number of hydrogen-bond donors (Lipinski definition) is 0. The van der Waals surface area contributed by atoms with E-state index in [0.717, 1.165) is 11.8 Å². The smallest absolute Gasteiger partial charge is 0.434 e. The van der Waals surface area contributed by atoms with Gasteiger partial charge in [0.05, 0.1) is 6.61 Å². The van der Waals surface area contributed by atoms with Gasteiger partial charge in [0.25, 0.3) is 0 Å². The summed E-state index contributed by atoms with van der Waals surface area (Å²) < 4.78 is 11.8. The standard InChI is InChI=1S/C7H8BrIO3/c8-3-1-5-11-7(10)12-6-2-4-9/h1,3,5-6H2. The molecule has 0 aliphatic heterocycles. The molecular formula is C7H8BrIO3. The van der Waals surface area contributed by atoms with Gasteiger partial charge >= 0.3 is 6.16 Å². The molecule has 0 aromatic rings. The van der Waals surface area contributed by atoms with Gasteiger partial charge in [-0.1, -0.05) is 21.9 Å². The van der Waals surface area contributed by atoms with Crippen molar-refractivity contribution in [3.05, 3.63) is 0 Å². The predicted octanol–water partition coefficient (Wildman–Crippen LogP) is 2.32. The Hall–Kier alpha value is 0.0400. The van der Waals surface area contributed by atoms with Crippen molar-refractivity contribution in [2.24, 2.45) is 0 Å². The summed E-state index contributed by atoms with van der Waals surface area (Å²) in [7, 11) is 0. The molecule has 12 heavy (non-hydrogen) atoms. The van der Waals surface area contributed by atoms with Crippen LogP contribution in [0.4, 0.5) is 4.79 Å². The Morgan fingerprint density at radius 3 is 2.83 bits per heavy atom. The summed E-state index contributed by atoms with van der Waals surface area (Å²) in [5.74, 6) is 2.57. The molecule has 3 nitrogen and oxygen atoms in total. The van der Waals surface area contributed by atoms with Crippen molar-refractivity contribution in [2.75, 3.05) is 18.5 Å². The van der Waals surface area contributed by atoms with Crippen LogP contribution in [0.3, 0.4) is 0 Å². The van der Waals surface area contributed by atoms with Gasteiger partial charge in [0, 0.05) is 27.9 Å². The minimum Gasteiger partial charge on any atom is -0.434 e. The van der Waals surface area contributed by atoms with E-state index in [4.69, 9.17) is 0 Å². The topological polar surface area (TPSA) is 35.5 Å². The largest absolute Gasteiger partial charge is 0.509 e. The second-order valence-electron chi connectivity index (χ2n) is 1.70. The van der Waals surface area contributed by atoms with Crippen molar-refractivity contribution in [3.63, 3.8) is 0 Å². The molecule has 0 aliphatic carbocycles. The summed E-state index contributed by atoms with van der Waals surface area (Å²) in [5.41, 5.74) is 0. The molecule has 0 unspecified atom stereocenters. The van der Waals surface area contributed by atoms with Crippen LogP contribution in [-0.2, 0) is 9.47 Å². The molecule has 68 valence electrons. The van der Waals surface area contributed by atoms with Gasteiger partial charge in [0.2, 0.25) is 0 Å². The maximum atomic E-state index is 10.7. The highest BCUT2D eigenvalue weighted by Crippen LogP contribution is 1.91. The highest BCUT2D eigenvalue weighted by Gasteiger charge is 2.00. The minimum atomic E-state index is -0.657. The molecular weight excluding hydrogens is 339 g/mol. The monoisotopic (exact) mass is 346 g/mol. The molecule has 0 rings (SSSR count). The fraction of sp³-hybridized carbons (Fsp3) is 0.571. The summed E-state index contributed by atoms with van der Waals surface area (Å²) in [6.45, 7) is 0.470. The van der Waals surface area contributed by atoms with Crippen molar-refractivity contribution < 1.29 is 14.3 Å². The Bertz CT molecular complexity index is 185. The fourth-order valence-electron chi connectivity index (χ4n) is 0.374. The molecule has 0 spiro atoms. The number of ether oxygens (including phenoxy) is 2. The highest BCUT2D eigenvalue weighted by atomic mass is 127. The first-order valence-corrected chi connectivity index (χ1v) is 5.45. The van der Waals surface area contributed by atoms with Crippen molar-refractivity contribution in [3.8, 4) is 9.85 Å². The molecule has 0 amide bonds. The minimum absolute atomic E-state index is 0.0933. The maximum absolute atomic E-state index is 10.7. The number of alkyl halides is 1. The Morgan fingerprint density at radius 1 is 1.50 bits per heavy atom. The zero-order valence-corrected chi connectivity index (χ0v) is 10.1. The summed E-state index contributed by atoms with van der Waals surface area (Å²) >= 11 is 5.08. The number of hydrogen-bond acceptors (Lipinski definition) is 3. The van der Waals surface area contributed by atoms with Crippen LogP contribution in [0.25, 0.3) is 0 Å². The van der Waals surface area contributed by atoms with Crippen molar-refractivity contribution in [1.29, 1.82) is 0 Å². The summed E-state index contributed by atoms with van der Waals surface area (Å²) in [6, 6.07) is 0. The molecule has 0 saturated carbocycles. The summed E-state index contributed by atoms with van der Waals surface area (Å²) in [4.78, 5) is 10.7. The van der Waals surface area contributed by atoms with E-state index in [1.54, 1.807) is 0 Å². The van der Waals surface area contributed by atoms with E-state index in [2.05, 4.69) is 35.3 Å². The molecule has 0 saturated heterocycles. The fourth-order valence-corrected chi connectivity index (χ4v) is 0.759. The van der Waals surface area contributed by atoms with E-state index in [1.165, 1.54) is 0 Å². The van der Waals surface area contributed by atoms with E-state index >= 15 is 0 Å². The van der Waals surface area contributed by atoms with Gasteiger partial charge in [-0.25, -0.2) is 4.79 Å². The number of halogens is 2. The van der Waals surface area contributed by atoms with Crippen LogP contribution in [0.5, 0.6) is 0 Å². The first-order valence-electron chi connectivity index (χ1n) is 3.25. The zero-order chi connectivity index (χ0) is 9.23. The lowest BCUT2D eigenvalue weighted by Crippen LogP contribution is -2.08. The quantitative estimate of drug-likeness (QED) is 0.258. The molecule has 0 fully saturated rings. The molecule has 0 atom stereocenters. The lowest BCUT2D eigenvalue weighted by Gasteiger charge is -2.01. The van der Waals surface area contributed by atoms with Gasteiger partial charge in [-0.05, 0) is 10.3 Å². The van der Waals surface area contributed by atoms with Gasteiger partial charge in [-0.2, -0.15) is 0 Å². The van der Waals surface area contributed by atoms with Crippen molar-refractivity contribution in [2.45, 2.75) is 6.42 Å². The first kappa shape index (κ1) is 12.0. The van der Waals surface area contributed by atoms with Crippen molar-refractivity contribution in [1.82, 2.24) is 0 Å². The average molecular weight is 347 g/mol. The van der Waals surface area contributed by atoms with Crippen LogP contribution in [-0.4, -0.2) is 24.7 Å². The third kappa shape index (κ3) is 8.14. The third-order valence-corrected chi connectivity index (χ3v) is 1.77. The Morgan fingerprint density at radius 2 is 2.25 bits per heavy atom. The first-order chi connectivity index (χ1) is 5.81. The van der Waals surface area contributed by atoms with E-state index in [-0.39, 0.29) is 6.61 Å². The molecule has 0 radical (unpaired) electrons.